The molecule has 0 saturated heterocycles. The van der Waals surface area contributed by atoms with Crippen molar-refractivity contribution in [1.29, 1.82) is 0 Å². The summed E-state index contributed by atoms with van der Waals surface area (Å²) >= 11 is 3.33. The largest absolute Gasteiger partial charge is 0.320 e. The lowest BCUT2D eigenvalue weighted by Gasteiger charge is -2.12. The topological polar surface area (TPSA) is 38.9 Å². The second-order valence-corrected chi connectivity index (χ2v) is 4.38. The zero-order valence-electron chi connectivity index (χ0n) is 8.40. The van der Waals surface area contributed by atoms with Crippen LogP contribution in [0.4, 0.5) is 4.39 Å². The van der Waals surface area contributed by atoms with Gasteiger partial charge in [-0.15, -0.1) is 0 Å². The smallest absolute Gasteiger partial charge is 0.123 e. The molecule has 4 heteroatoms. The van der Waals surface area contributed by atoms with E-state index in [0.717, 1.165) is 15.6 Å². The summed E-state index contributed by atoms with van der Waals surface area (Å²) in [6.45, 7) is 0. The van der Waals surface area contributed by atoms with Crippen LogP contribution in [0.1, 0.15) is 17.2 Å². The number of hydrogen-bond donors (Lipinski definition) is 1. The van der Waals surface area contributed by atoms with Crippen molar-refractivity contribution in [2.24, 2.45) is 5.73 Å². The Hall–Kier alpha value is -1.26. The van der Waals surface area contributed by atoms with Gasteiger partial charge in [0.15, 0.2) is 0 Å². The van der Waals surface area contributed by atoms with Gasteiger partial charge in [-0.25, -0.2) is 4.39 Å². The third kappa shape index (κ3) is 2.46. The molecule has 0 amide bonds. The van der Waals surface area contributed by atoms with Gasteiger partial charge in [0.25, 0.3) is 0 Å². The quantitative estimate of drug-likeness (QED) is 0.919. The molecule has 1 atom stereocenters. The Bertz CT molecular complexity index is 456. The molecule has 0 aliphatic heterocycles. The van der Waals surface area contributed by atoms with Crippen molar-refractivity contribution >= 4 is 15.9 Å². The first-order valence-electron chi connectivity index (χ1n) is 4.78. The number of rotatable bonds is 2. The third-order valence-corrected chi connectivity index (χ3v) is 2.73. The predicted octanol–water partition coefficient (Wildman–Crippen LogP) is 3.03. The average molecular weight is 281 g/mol. The Balaban J connectivity index is 2.35. The first-order chi connectivity index (χ1) is 7.66. The first-order valence-corrected chi connectivity index (χ1v) is 5.57. The molecule has 2 aromatic rings. The summed E-state index contributed by atoms with van der Waals surface area (Å²) in [7, 11) is 0. The predicted molar refractivity (Wildman–Crippen MR) is 64.4 cm³/mol. The van der Waals surface area contributed by atoms with Crippen molar-refractivity contribution in [1.82, 2.24) is 4.98 Å². The van der Waals surface area contributed by atoms with Crippen molar-refractivity contribution in [3.63, 3.8) is 0 Å². The lowest BCUT2D eigenvalue weighted by atomic mass is 10.0. The number of halogens is 2. The highest BCUT2D eigenvalue weighted by molar-refractivity contribution is 9.10. The molecular weight excluding hydrogens is 271 g/mol. The molecule has 2 rings (SSSR count). The Morgan fingerprint density at radius 2 is 2.00 bits per heavy atom. The Labute approximate surface area is 101 Å². The fourth-order valence-electron chi connectivity index (χ4n) is 1.49. The Kier molecular flexibility index (Phi) is 3.31. The van der Waals surface area contributed by atoms with Crippen LogP contribution in [0.2, 0.25) is 0 Å². The molecule has 82 valence electrons. The van der Waals surface area contributed by atoms with Crippen LogP contribution in [0.5, 0.6) is 0 Å². The molecular formula is C12H10BrFN2. The van der Waals surface area contributed by atoms with E-state index < -0.39 is 0 Å². The monoisotopic (exact) mass is 280 g/mol. The fourth-order valence-corrected chi connectivity index (χ4v) is 1.87. The van der Waals surface area contributed by atoms with E-state index in [1.807, 2.05) is 6.07 Å². The molecule has 1 unspecified atom stereocenters. The zero-order valence-corrected chi connectivity index (χ0v) is 9.99. The van der Waals surface area contributed by atoms with Crippen LogP contribution < -0.4 is 5.73 Å². The molecule has 16 heavy (non-hydrogen) atoms. The number of aromatic nitrogens is 1. The summed E-state index contributed by atoms with van der Waals surface area (Å²) < 4.78 is 13.9. The SMILES string of the molecule is NC(c1cccc(F)c1)c1cncc(Br)c1. The number of pyridine rings is 1. The van der Waals surface area contributed by atoms with Crippen molar-refractivity contribution in [2.75, 3.05) is 0 Å². The van der Waals surface area contributed by atoms with E-state index in [9.17, 15) is 4.39 Å². The minimum atomic E-state index is -0.360. The Morgan fingerprint density at radius 1 is 1.19 bits per heavy atom. The summed E-state index contributed by atoms with van der Waals surface area (Å²) in [6, 6.07) is 7.80. The molecule has 0 saturated carbocycles. The second-order valence-electron chi connectivity index (χ2n) is 3.47. The minimum absolute atomic E-state index is 0.282. The third-order valence-electron chi connectivity index (χ3n) is 2.29. The van der Waals surface area contributed by atoms with E-state index in [-0.39, 0.29) is 11.9 Å². The summed E-state index contributed by atoms with van der Waals surface area (Å²) in [5, 5.41) is 0. The van der Waals surface area contributed by atoms with Crippen LogP contribution in [0.3, 0.4) is 0 Å². The number of hydrogen-bond acceptors (Lipinski definition) is 2. The van der Waals surface area contributed by atoms with Crippen LogP contribution in [-0.2, 0) is 0 Å². The maximum atomic E-state index is 13.0. The van der Waals surface area contributed by atoms with Crippen LogP contribution in [0, 0.1) is 5.82 Å². The van der Waals surface area contributed by atoms with Crippen LogP contribution in [0.25, 0.3) is 0 Å². The van der Waals surface area contributed by atoms with Crippen LogP contribution >= 0.6 is 15.9 Å². The number of benzene rings is 1. The summed E-state index contributed by atoms with van der Waals surface area (Å²) in [6.07, 6.45) is 3.36. The molecule has 0 aliphatic carbocycles. The second kappa shape index (κ2) is 4.72. The van der Waals surface area contributed by atoms with Gasteiger partial charge >= 0.3 is 0 Å². The summed E-state index contributed by atoms with van der Waals surface area (Å²) in [5.41, 5.74) is 7.61. The lowest BCUT2D eigenvalue weighted by molar-refractivity contribution is 0.623. The molecule has 1 heterocycles. The van der Waals surface area contributed by atoms with Gasteiger partial charge in [0.05, 0.1) is 6.04 Å². The highest BCUT2D eigenvalue weighted by Crippen LogP contribution is 2.21. The molecule has 0 bridgehead atoms. The molecule has 2 N–H and O–H groups in total. The van der Waals surface area contributed by atoms with Gasteiger partial charge in [0, 0.05) is 16.9 Å². The van der Waals surface area contributed by atoms with Crippen LogP contribution in [0.15, 0.2) is 47.2 Å². The van der Waals surface area contributed by atoms with E-state index >= 15 is 0 Å². The van der Waals surface area contributed by atoms with E-state index in [4.69, 9.17) is 5.73 Å². The van der Waals surface area contributed by atoms with Gasteiger partial charge < -0.3 is 5.73 Å². The molecule has 2 nitrogen and oxygen atoms in total. The number of nitrogens with zero attached hydrogens (tertiary/aromatic N) is 1. The lowest BCUT2D eigenvalue weighted by Crippen LogP contribution is -2.12. The number of nitrogens with two attached hydrogens (primary N) is 1. The standard InChI is InChI=1S/C12H10BrFN2/c13-10-4-9(6-16-7-10)12(15)8-2-1-3-11(14)5-8/h1-7,12H,15H2. The highest BCUT2D eigenvalue weighted by Gasteiger charge is 2.10. The van der Waals surface area contributed by atoms with Crippen molar-refractivity contribution in [3.05, 3.63) is 64.1 Å². The normalized spacial score (nSPS) is 12.4. The van der Waals surface area contributed by atoms with Crippen molar-refractivity contribution in [3.8, 4) is 0 Å². The van der Waals surface area contributed by atoms with Crippen LogP contribution in [-0.4, -0.2) is 4.98 Å². The average Bonchev–Trinajstić information content (AvgIpc) is 2.28. The van der Waals surface area contributed by atoms with Gasteiger partial charge in [-0.05, 0) is 45.3 Å². The van der Waals surface area contributed by atoms with Gasteiger partial charge in [0.1, 0.15) is 5.82 Å². The van der Waals surface area contributed by atoms with Crippen molar-refractivity contribution in [2.45, 2.75) is 6.04 Å². The molecule has 0 fully saturated rings. The van der Waals surface area contributed by atoms with Gasteiger partial charge in [-0.1, -0.05) is 12.1 Å². The summed E-state index contributed by atoms with van der Waals surface area (Å²) in [4.78, 5) is 4.03. The minimum Gasteiger partial charge on any atom is -0.320 e. The fraction of sp³-hybridized carbons (Fsp3) is 0.0833. The maximum absolute atomic E-state index is 13.0. The van der Waals surface area contributed by atoms with Gasteiger partial charge in [-0.3, -0.25) is 4.98 Å². The highest BCUT2D eigenvalue weighted by atomic mass is 79.9. The van der Waals surface area contributed by atoms with Crippen molar-refractivity contribution < 1.29 is 4.39 Å². The van der Waals surface area contributed by atoms with E-state index in [0.29, 0.717) is 0 Å². The molecule has 1 aromatic carbocycles. The molecule has 0 aliphatic rings. The molecule has 1 aromatic heterocycles. The Morgan fingerprint density at radius 3 is 2.69 bits per heavy atom. The van der Waals surface area contributed by atoms with Gasteiger partial charge in [-0.2, -0.15) is 0 Å². The maximum Gasteiger partial charge on any atom is 0.123 e. The van der Waals surface area contributed by atoms with E-state index in [2.05, 4.69) is 20.9 Å². The van der Waals surface area contributed by atoms with E-state index in [1.165, 1.54) is 12.1 Å². The van der Waals surface area contributed by atoms with E-state index in [1.54, 1.807) is 24.5 Å². The van der Waals surface area contributed by atoms with Gasteiger partial charge in [0.2, 0.25) is 0 Å². The summed E-state index contributed by atoms with van der Waals surface area (Å²) in [5.74, 6) is -0.282. The molecule has 0 spiro atoms. The zero-order chi connectivity index (χ0) is 11.5. The molecule has 0 radical (unpaired) electrons. The first kappa shape index (κ1) is 11.2.